The fourth-order valence-electron chi connectivity index (χ4n) is 1.91. The maximum Gasteiger partial charge on any atom is 0.0484 e. The summed E-state index contributed by atoms with van der Waals surface area (Å²) in [4.78, 5) is 0. The number of benzene rings is 1. The molecule has 0 spiro atoms. The van der Waals surface area contributed by atoms with E-state index in [1.165, 1.54) is 12.0 Å². The summed E-state index contributed by atoms with van der Waals surface area (Å²) in [6.45, 7) is 7.01. The monoisotopic (exact) mass is 313 g/mol. The summed E-state index contributed by atoms with van der Waals surface area (Å²) in [5.74, 6) is 0. The molecular weight excluding hydrogens is 290 g/mol. The third-order valence-electron chi connectivity index (χ3n) is 2.89. The van der Waals surface area contributed by atoms with Crippen LogP contribution in [0.25, 0.3) is 0 Å². The molecule has 1 N–H and O–H groups in total. The number of hydrogen-bond donors (Lipinski definition) is 1. The summed E-state index contributed by atoms with van der Waals surface area (Å²) in [5.41, 5.74) is 1.32. The molecule has 2 nitrogen and oxygen atoms in total. The van der Waals surface area contributed by atoms with Gasteiger partial charge < -0.3 is 10.1 Å². The summed E-state index contributed by atoms with van der Waals surface area (Å²) in [6, 6.07) is 8.88. The first-order chi connectivity index (χ1) is 8.77. The van der Waals surface area contributed by atoms with Crippen molar-refractivity contribution in [2.75, 3.05) is 19.8 Å². The van der Waals surface area contributed by atoms with Crippen LogP contribution in [0.1, 0.15) is 44.7 Å². The second-order valence-electron chi connectivity index (χ2n) is 4.42. The van der Waals surface area contributed by atoms with Gasteiger partial charge in [0.15, 0.2) is 0 Å². The standard InChI is InChI=1S/C15H24BrNO/c1-3-5-10-18-11-9-15(17-4-2)13-7-6-8-14(16)12-13/h6-8,12,15,17H,3-5,9-11H2,1-2H3. The van der Waals surface area contributed by atoms with Crippen molar-refractivity contribution in [3.8, 4) is 0 Å². The molecular formula is C15H24BrNO. The van der Waals surface area contributed by atoms with Gasteiger partial charge in [0, 0.05) is 23.7 Å². The van der Waals surface area contributed by atoms with Gasteiger partial charge in [-0.2, -0.15) is 0 Å². The van der Waals surface area contributed by atoms with Gasteiger partial charge in [-0.15, -0.1) is 0 Å². The van der Waals surface area contributed by atoms with Crippen molar-refractivity contribution in [2.45, 2.75) is 39.2 Å². The average Bonchev–Trinajstić information content (AvgIpc) is 2.37. The first kappa shape index (κ1) is 15.7. The van der Waals surface area contributed by atoms with Crippen molar-refractivity contribution in [3.63, 3.8) is 0 Å². The predicted molar refractivity (Wildman–Crippen MR) is 80.9 cm³/mol. The molecule has 0 saturated heterocycles. The van der Waals surface area contributed by atoms with E-state index in [2.05, 4.69) is 59.4 Å². The van der Waals surface area contributed by atoms with Crippen LogP contribution in [0.4, 0.5) is 0 Å². The lowest BCUT2D eigenvalue weighted by Crippen LogP contribution is -2.22. The molecule has 1 aromatic carbocycles. The Bertz CT molecular complexity index is 330. The van der Waals surface area contributed by atoms with Crippen LogP contribution in [0.15, 0.2) is 28.7 Å². The van der Waals surface area contributed by atoms with Gasteiger partial charge in [-0.25, -0.2) is 0 Å². The quantitative estimate of drug-likeness (QED) is 0.686. The van der Waals surface area contributed by atoms with E-state index < -0.39 is 0 Å². The Hall–Kier alpha value is -0.380. The minimum atomic E-state index is 0.383. The van der Waals surface area contributed by atoms with E-state index in [0.717, 1.165) is 37.1 Å². The second kappa shape index (κ2) is 9.54. The molecule has 0 amide bonds. The zero-order valence-electron chi connectivity index (χ0n) is 11.4. The lowest BCUT2D eigenvalue weighted by molar-refractivity contribution is 0.121. The van der Waals surface area contributed by atoms with Crippen LogP contribution in [0.5, 0.6) is 0 Å². The van der Waals surface area contributed by atoms with Gasteiger partial charge in [0.05, 0.1) is 0 Å². The van der Waals surface area contributed by atoms with E-state index in [9.17, 15) is 0 Å². The van der Waals surface area contributed by atoms with Crippen molar-refractivity contribution in [1.29, 1.82) is 0 Å². The van der Waals surface area contributed by atoms with Crippen molar-refractivity contribution in [2.24, 2.45) is 0 Å². The van der Waals surface area contributed by atoms with Crippen molar-refractivity contribution in [1.82, 2.24) is 5.32 Å². The molecule has 0 bridgehead atoms. The number of hydrogen-bond acceptors (Lipinski definition) is 2. The van der Waals surface area contributed by atoms with Crippen LogP contribution in [-0.4, -0.2) is 19.8 Å². The highest BCUT2D eigenvalue weighted by Gasteiger charge is 2.10. The molecule has 0 aliphatic heterocycles. The fourth-order valence-corrected chi connectivity index (χ4v) is 2.32. The maximum atomic E-state index is 5.65. The fraction of sp³-hybridized carbons (Fsp3) is 0.600. The van der Waals surface area contributed by atoms with Gasteiger partial charge in [-0.3, -0.25) is 0 Å². The Kier molecular flexibility index (Phi) is 8.31. The van der Waals surface area contributed by atoms with E-state index >= 15 is 0 Å². The lowest BCUT2D eigenvalue weighted by Gasteiger charge is -2.18. The summed E-state index contributed by atoms with van der Waals surface area (Å²) >= 11 is 3.52. The van der Waals surface area contributed by atoms with Crippen LogP contribution < -0.4 is 5.32 Å². The number of halogens is 1. The zero-order chi connectivity index (χ0) is 13.2. The van der Waals surface area contributed by atoms with Crippen LogP contribution >= 0.6 is 15.9 Å². The third-order valence-corrected chi connectivity index (χ3v) is 3.39. The molecule has 0 fully saturated rings. The molecule has 0 saturated carbocycles. The van der Waals surface area contributed by atoms with Crippen molar-refractivity contribution < 1.29 is 4.74 Å². The van der Waals surface area contributed by atoms with Crippen LogP contribution in [0.2, 0.25) is 0 Å². The van der Waals surface area contributed by atoms with E-state index in [4.69, 9.17) is 4.74 Å². The van der Waals surface area contributed by atoms with E-state index in [-0.39, 0.29) is 0 Å². The molecule has 0 aliphatic carbocycles. The molecule has 18 heavy (non-hydrogen) atoms. The van der Waals surface area contributed by atoms with E-state index in [1.807, 2.05) is 0 Å². The highest BCUT2D eigenvalue weighted by atomic mass is 79.9. The highest BCUT2D eigenvalue weighted by molar-refractivity contribution is 9.10. The largest absolute Gasteiger partial charge is 0.381 e. The topological polar surface area (TPSA) is 21.3 Å². The molecule has 1 rings (SSSR count). The summed E-state index contributed by atoms with van der Waals surface area (Å²) < 4.78 is 6.78. The predicted octanol–water partition coefficient (Wildman–Crippen LogP) is 4.31. The smallest absolute Gasteiger partial charge is 0.0484 e. The Morgan fingerprint density at radius 1 is 1.28 bits per heavy atom. The average molecular weight is 314 g/mol. The molecule has 0 aliphatic rings. The van der Waals surface area contributed by atoms with Crippen LogP contribution in [0.3, 0.4) is 0 Å². The zero-order valence-corrected chi connectivity index (χ0v) is 13.0. The molecule has 0 aromatic heterocycles. The molecule has 1 unspecified atom stereocenters. The maximum absolute atomic E-state index is 5.65. The Morgan fingerprint density at radius 3 is 2.78 bits per heavy atom. The van der Waals surface area contributed by atoms with Crippen molar-refractivity contribution >= 4 is 15.9 Å². The lowest BCUT2D eigenvalue weighted by atomic mass is 10.0. The molecule has 0 heterocycles. The number of rotatable bonds is 9. The summed E-state index contributed by atoms with van der Waals surface area (Å²) in [5, 5.41) is 3.52. The summed E-state index contributed by atoms with van der Waals surface area (Å²) in [7, 11) is 0. The van der Waals surface area contributed by atoms with Gasteiger partial charge >= 0.3 is 0 Å². The van der Waals surface area contributed by atoms with E-state index in [1.54, 1.807) is 0 Å². The SMILES string of the molecule is CCCCOCCC(NCC)c1cccc(Br)c1. The van der Waals surface area contributed by atoms with Crippen LogP contribution in [-0.2, 0) is 4.74 Å². The highest BCUT2D eigenvalue weighted by Crippen LogP contribution is 2.20. The van der Waals surface area contributed by atoms with E-state index in [0.29, 0.717) is 6.04 Å². The Labute approximate surface area is 119 Å². The van der Waals surface area contributed by atoms with Crippen LogP contribution in [0, 0.1) is 0 Å². The number of nitrogens with one attached hydrogen (secondary N) is 1. The minimum Gasteiger partial charge on any atom is -0.381 e. The molecule has 0 radical (unpaired) electrons. The first-order valence-corrected chi connectivity index (χ1v) is 7.63. The second-order valence-corrected chi connectivity index (χ2v) is 5.34. The Balaban J connectivity index is 2.44. The Morgan fingerprint density at radius 2 is 2.11 bits per heavy atom. The van der Waals surface area contributed by atoms with Gasteiger partial charge in [-0.05, 0) is 37.1 Å². The normalized spacial score (nSPS) is 12.6. The first-order valence-electron chi connectivity index (χ1n) is 6.84. The molecule has 1 aromatic rings. The van der Waals surface area contributed by atoms with Gasteiger partial charge in [0.2, 0.25) is 0 Å². The van der Waals surface area contributed by atoms with Crippen molar-refractivity contribution in [3.05, 3.63) is 34.3 Å². The molecule has 1 atom stereocenters. The molecule has 3 heteroatoms. The summed E-state index contributed by atoms with van der Waals surface area (Å²) in [6.07, 6.45) is 3.37. The third kappa shape index (κ3) is 5.98. The van der Waals surface area contributed by atoms with Gasteiger partial charge in [-0.1, -0.05) is 48.3 Å². The minimum absolute atomic E-state index is 0.383. The number of ether oxygens (including phenoxy) is 1. The van der Waals surface area contributed by atoms with Gasteiger partial charge in [0.1, 0.15) is 0 Å². The molecule has 102 valence electrons. The number of unbranched alkanes of at least 4 members (excludes halogenated alkanes) is 1. The van der Waals surface area contributed by atoms with Gasteiger partial charge in [0.25, 0.3) is 0 Å².